The normalized spacial score (nSPS) is 13.3. The first-order valence-corrected chi connectivity index (χ1v) is 8.17. The van der Waals surface area contributed by atoms with Gasteiger partial charge in [0.05, 0.1) is 0 Å². The van der Waals surface area contributed by atoms with E-state index in [1.165, 1.54) is 0 Å². The van der Waals surface area contributed by atoms with Gasteiger partial charge in [0.25, 0.3) is 0 Å². The molecule has 1 aromatic carbocycles. The number of anilines is 1. The van der Waals surface area contributed by atoms with Crippen LogP contribution in [-0.2, 0) is 22.7 Å². The third-order valence-corrected chi connectivity index (χ3v) is 4.56. The van der Waals surface area contributed by atoms with Crippen LogP contribution < -0.4 is 5.73 Å². The Labute approximate surface area is 117 Å². The van der Waals surface area contributed by atoms with Crippen LogP contribution in [0.4, 0.5) is 5.69 Å². The van der Waals surface area contributed by atoms with Crippen molar-refractivity contribution in [2.24, 2.45) is 0 Å². The molecule has 0 aliphatic rings. The van der Waals surface area contributed by atoms with Crippen LogP contribution in [0.25, 0.3) is 0 Å². The largest absolute Gasteiger partial charge is 0.399 e. The van der Waals surface area contributed by atoms with Gasteiger partial charge < -0.3 is 10.3 Å². The Morgan fingerprint density at radius 3 is 2.75 bits per heavy atom. The monoisotopic (exact) mass is 295 g/mol. The molecular formula is C13H17N3O3S. The number of nitrogens with zero attached hydrogens (tertiary/aromatic N) is 2. The summed E-state index contributed by atoms with van der Waals surface area (Å²) in [5.41, 5.74) is 7.48. The number of nitrogen functional groups attached to an aromatic ring is 1. The van der Waals surface area contributed by atoms with Gasteiger partial charge >= 0.3 is 0 Å². The SMILES string of the molecule is CC(c1noc(CCc2cccc(N)c2)n1)S(C)(=O)=O. The molecule has 0 aliphatic heterocycles. The lowest BCUT2D eigenvalue weighted by atomic mass is 10.1. The molecule has 7 heteroatoms. The fourth-order valence-corrected chi connectivity index (χ4v) is 2.20. The molecule has 1 heterocycles. The average Bonchev–Trinajstić information content (AvgIpc) is 2.83. The van der Waals surface area contributed by atoms with Gasteiger partial charge in [0, 0.05) is 18.4 Å². The first-order valence-electron chi connectivity index (χ1n) is 6.22. The Bertz CT molecular complexity index is 694. The van der Waals surface area contributed by atoms with Crippen LogP contribution in [0.5, 0.6) is 0 Å². The van der Waals surface area contributed by atoms with E-state index in [0.717, 1.165) is 11.8 Å². The number of hydrogen-bond acceptors (Lipinski definition) is 6. The van der Waals surface area contributed by atoms with E-state index < -0.39 is 15.1 Å². The van der Waals surface area contributed by atoms with Crippen molar-refractivity contribution >= 4 is 15.5 Å². The van der Waals surface area contributed by atoms with Crippen molar-refractivity contribution < 1.29 is 12.9 Å². The third-order valence-electron chi connectivity index (χ3n) is 3.07. The predicted octanol–water partition coefficient (Wildman–Crippen LogP) is 1.54. The minimum absolute atomic E-state index is 0.204. The van der Waals surface area contributed by atoms with Gasteiger partial charge in [-0.25, -0.2) is 8.42 Å². The Kier molecular flexibility index (Phi) is 4.08. The fourth-order valence-electron chi connectivity index (χ4n) is 1.73. The smallest absolute Gasteiger partial charge is 0.227 e. The predicted molar refractivity (Wildman–Crippen MR) is 75.8 cm³/mol. The maximum Gasteiger partial charge on any atom is 0.227 e. The number of benzene rings is 1. The van der Waals surface area contributed by atoms with Crippen molar-refractivity contribution in [3.63, 3.8) is 0 Å². The van der Waals surface area contributed by atoms with Crippen LogP contribution in [-0.4, -0.2) is 24.8 Å². The van der Waals surface area contributed by atoms with E-state index in [9.17, 15) is 8.42 Å². The number of rotatable bonds is 5. The van der Waals surface area contributed by atoms with E-state index in [1.807, 2.05) is 24.3 Å². The maximum absolute atomic E-state index is 11.4. The Hall–Kier alpha value is -1.89. The van der Waals surface area contributed by atoms with Crippen molar-refractivity contribution in [2.45, 2.75) is 25.0 Å². The first-order chi connectivity index (χ1) is 9.36. The quantitative estimate of drug-likeness (QED) is 0.840. The van der Waals surface area contributed by atoms with Gasteiger partial charge in [-0.15, -0.1) is 0 Å². The molecule has 108 valence electrons. The molecule has 1 atom stereocenters. The molecule has 6 nitrogen and oxygen atoms in total. The van der Waals surface area contributed by atoms with Gasteiger partial charge in [0.2, 0.25) is 5.89 Å². The van der Waals surface area contributed by atoms with Crippen molar-refractivity contribution in [1.29, 1.82) is 0 Å². The number of aryl methyl sites for hydroxylation is 2. The van der Waals surface area contributed by atoms with E-state index in [1.54, 1.807) is 6.92 Å². The van der Waals surface area contributed by atoms with Crippen LogP contribution in [0.15, 0.2) is 28.8 Å². The van der Waals surface area contributed by atoms with Crippen LogP contribution >= 0.6 is 0 Å². The van der Waals surface area contributed by atoms with Crippen LogP contribution in [0.1, 0.15) is 29.5 Å². The summed E-state index contributed by atoms with van der Waals surface area (Å²) in [5, 5.41) is 2.97. The van der Waals surface area contributed by atoms with E-state index in [0.29, 0.717) is 24.4 Å². The molecule has 0 aliphatic carbocycles. The summed E-state index contributed by atoms with van der Waals surface area (Å²) < 4.78 is 27.9. The van der Waals surface area contributed by atoms with Crippen molar-refractivity contribution in [1.82, 2.24) is 10.1 Å². The van der Waals surface area contributed by atoms with Crippen molar-refractivity contribution in [3.8, 4) is 0 Å². The summed E-state index contributed by atoms with van der Waals surface area (Å²) in [7, 11) is -3.22. The van der Waals surface area contributed by atoms with Crippen LogP contribution in [0.2, 0.25) is 0 Å². The summed E-state index contributed by atoms with van der Waals surface area (Å²) in [6.07, 6.45) is 2.41. The lowest BCUT2D eigenvalue weighted by Crippen LogP contribution is -2.09. The summed E-state index contributed by atoms with van der Waals surface area (Å²) in [4.78, 5) is 4.13. The number of nitrogens with two attached hydrogens (primary N) is 1. The highest BCUT2D eigenvalue weighted by Gasteiger charge is 2.22. The third kappa shape index (κ3) is 3.57. The topological polar surface area (TPSA) is 99.1 Å². The van der Waals surface area contributed by atoms with Gasteiger partial charge in [-0.1, -0.05) is 17.3 Å². The lowest BCUT2D eigenvalue weighted by Gasteiger charge is -2.02. The van der Waals surface area contributed by atoms with Gasteiger partial charge in [-0.3, -0.25) is 0 Å². The van der Waals surface area contributed by atoms with Crippen LogP contribution in [0.3, 0.4) is 0 Å². The minimum Gasteiger partial charge on any atom is -0.399 e. The Morgan fingerprint density at radius 2 is 2.10 bits per heavy atom. The van der Waals surface area contributed by atoms with Crippen molar-refractivity contribution in [2.75, 3.05) is 12.0 Å². The molecule has 1 unspecified atom stereocenters. The highest BCUT2D eigenvalue weighted by Crippen LogP contribution is 2.18. The standard InChI is InChI=1S/C13H17N3O3S/c1-9(20(2,17)18)13-15-12(19-16-13)7-6-10-4-3-5-11(14)8-10/h3-5,8-9H,6-7,14H2,1-2H3. The van der Waals surface area contributed by atoms with Crippen LogP contribution in [0, 0.1) is 0 Å². The molecular weight excluding hydrogens is 278 g/mol. The maximum atomic E-state index is 11.4. The number of sulfone groups is 1. The van der Waals surface area contributed by atoms with E-state index in [4.69, 9.17) is 10.3 Å². The minimum atomic E-state index is -3.22. The van der Waals surface area contributed by atoms with E-state index in [2.05, 4.69) is 10.1 Å². The molecule has 0 spiro atoms. The Balaban J connectivity index is 2.03. The first kappa shape index (κ1) is 14.5. The fraction of sp³-hybridized carbons (Fsp3) is 0.385. The molecule has 0 amide bonds. The Morgan fingerprint density at radius 1 is 1.35 bits per heavy atom. The van der Waals surface area contributed by atoms with Gasteiger partial charge in [-0.05, 0) is 31.0 Å². The average molecular weight is 295 g/mol. The molecule has 0 radical (unpaired) electrons. The summed E-state index contributed by atoms with van der Waals surface area (Å²) in [6, 6.07) is 7.56. The lowest BCUT2D eigenvalue weighted by molar-refractivity contribution is 0.372. The zero-order chi connectivity index (χ0) is 14.8. The molecule has 0 fully saturated rings. The zero-order valence-electron chi connectivity index (χ0n) is 11.4. The second-order valence-corrected chi connectivity index (χ2v) is 7.13. The van der Waals surface area contributed by atoms with E-state index >= 15 is 0 Å². The summed E-state index contributed by atoms with van der Waals surface area (Å²) >= 11 is 0. The molecule has 2 aromatic rings. The van der Waals surface area contributed by atoms with E-state index in [-0.39, 0.29) is 5.82 Å². The molecule has 0 saturated heterocycles. The second-order valence-electron chi connectivity index (χ2n) is 4.76. The van der Waals surface area contributed by atoms with Gasteiger partial charge in [0.1, 0.15) is 5.25 Å². The molecule has 20 heavy (non-hydrogen) atoms. The molecule has 2 rings (SSSR count). The van der Waals surface area contributed by atoms with Gasteiger partial charge in [-0.2, -0.15) is 4.98 Å². The number of aromatic nitrogens is 2. The molecule has 1 aromatic heterocycles. The molecule has 0 saturated carbocycles. The second kappa shape index (κ2) is 5.62. The molecule has 2 N–H and O–H groups in total. The summed E-state index contributed by atoms with van der Waals surface area (Å²) in [5.74, 6) is 0.632. The molecule has 0 bridgehead atoms. The highest BCUT2D eigenvalue weighted by molar-refractivity contribution is 7.90. The van der Waals surface area contributed by atoms with Gasteiger partial charge in [0.15, 0.2) is 15.7 Å². The highest BCUT2D eigenvalue weighted by atomic mass is 32.2. The zero-order valence-corrected chi connectivity index (χ0v) is 12.2. The summed E-state index contributed by atoms with van der Waals surface area (Å²) in [6.45, 7) is 1.54. The number of hydrogen-bond donors (Lipinski definition) is 1. The van der Waals surface area contributed by atoms with Crippen molar-refractivity contribution in [3.05, 3.63) is 41.5 Å².